The second kappa shape index (κ2) is 11.7. The average molecular weight is 576 g/mol. The Morgan fingerprint density at radius 3 is 2.47 bits per heavy atom. The van der Waals surface area contributed by atoms with Gasteiger partial charge in [0.15, 0.2) is 0 Å². The van der Waals surface area contributed by atoms with Gasteiger partial charge in [-0.2, -0.15) is 4.99 Å². The van der Waals surface area contributed by atoms with Crippen LogP contribution in [0.15, 0.2) is 51.9 Å². The Bertz CT molecular complexity index is 1150. The molecule has 30 heavy (non-hydrogen) atoms. The molecule has 0 amide bonds. The molecule has 1 heterocycles. The summed E-state index contributed by atoms with van der Waals surface area (Å²) in [5, 5.41) is 5.31. The smallest absolute Gasteiger partial charge is 0.253 e. The highest BCUT2D eigenvalue weighted by molar-refractivity contribution is 14.1. The molecule has 5 nitrogen and oxygen atoms in total. The Morgan fingerprint density at radius 2 is 1.83 bits per heavy atom. The molecule has 0 saturated heterocycles. The van der Waals surface area contributed by atoms with Gasteiger partial charge in [0.1, 0.15) is 0 Å². The molecule has 1 aromatic heterocycles. The Balaban J connectivity index is 0.000000735. The van der Waals surface area contributed by atoms with Gasteiger partial charge in [0.25, 0.3) is 5.95 Å². The molecule has 0 atom stereocenters. The summed E-state index contributed by atoms with van der Waals surface area (Å²) in [4.78, 5) is 13.2. The van der Waals surface area contributed by atoms with Crippen LogP contribution in [0.5, 0.6) is 0 Å². The quantitative estimate of drug-likeness (QED) is 0.162. The van der Waals surface area contributed by atoms with Crippen LogP contribution in [0.25, 0.3) is 16.8 Å². The van der Waals surface area contributed by atoms with Crippen LogP contribution >= 0.6 is 38.5 Å². The van der Waals surface area contributed by atoms with Crippen molar-refractivity contribution in [1.29, 1.82) is 0 Å². The van der Waals surface area contributed by atoms with Crippen LogP contribution < -0.4 is 11.1 Å². The summed E-state index contributed by atoms with van der Waals surface area (Å²) in [6, 6.07) is 12.0. The summed E-state index contributed by atoms with van der Waals surface area (Å²) in [6.45, 7) is 7.70. The van der Waals surface area contributed by atoms with Crippen LogP contribution in [-0.2, 0) is 0 Å². The van der Waals surface area contributed by atoms with Crippen LogP contribution in [0.2, 0.25) is 0 Å². The predicted molar refractivity (Wildman–Crippen MR) is 140 cm³/mol. The summed E-state index contributed by atoms with van der Waals surface area (Å²) < 4.78 is 3.68. The Morgan fingerprint density at radius 1 is 1.17 bits per heavy atom. The maximum absolute atomic E-state index is 6.11. The number of guanidine groups is 1. The van der Waals surface area contributed by atoms with E-state index >= 15 is 0 Å². The van der Waals surface area contributed by atoms with E-state index in [1.54, 1.807) is 0 Å². The zero-order valence-electron chi connectivity index (χ0n) is 17.3. The molecule has 3 aromatic rings. The number of hydrogen-bond donors (Lipinski definition) is 2. The first-order valence-corrected chi connectivity index (χ1v) is 11.1. The number of anilines is 1. The molecule has 0 aliphatic heterocycles. The van der Waals surface area contributed by atoms with Crippen molar-refractivity contribution >= 4 is 73.0 Å². The number of halogens is 2. The molecule has 0 unspecified atom stereocenters. The number of aromatic nitrogens is 2. The summed E-state index contributed by atoms with van der Waals surface area (Å²) in [5.41, 5.74) is 9.75. The van der Waals surface area contributed by atoms with Gasteiger partial charge >= 0.3 is 0 Å². The first-order valence-electron chi connectivity index (χ1n) is 9.20. The van der Waals surface area contributed by atoms with E-state index in [2.05, 4.69) is 46.1 Å². The van der Waals surface area contributed by atoms with Crippen LogP contribution in [0.3, 0.4) is 0 Å². The fraction of sp³-hybridized carbons (Fsp3) is 0.174. The van der Waals surface area contributed by atoms with Crippen molar-refractivity contribution in [2.75, 3.05) is 5.32 Å². The number of nitrogens with one attached hydrogen (secondary N) is 1. The third-order valence-electron chi connectivity index (χ3n) is 4.19. The summed E-state index contributed by atoms with van der Waals surface area (Å²) in [6.07, 6.45) is 3.88. The minimum absolute atomic E-state index is 0.243. The van der Waals surface area contributed by atoms with Crippen LogP contribution in [0.1, 0.15) is 30.8 Å². The van der Waals surface area contributed by atoms with Crippen molar-refractivity contribution in [2.24, 2.45) is 10.7 Å². The first-order chi connectivity index (χ1) is 14.4. The largest absolute Gasteiger partial charge is 0.369 e. The number of allylic oxidation sites excluding steroid dienone is 1. The number of aryl methyl sites for hydroxylation is 1. The standard InChI is InChI=1S/C20H20BrN5.C3H3I/c1-4-7-17-12(2)13(3)23-20(25-17)26-19(22)24-18-11-10-16(21)14-8-5-6-9-15(14)18;1-2-3-4/h4-11H,1-3H3,(H3,22,23,24,25,26);1H3/b7-4-;. The number of hydrogen-bond acceptors (Lipinski definition) is 3. The number of benzene rings is 2. The third-order valence-corrected chi connectivity index (χ3v) is 5.42. The van der Waals surface area contributed by atoms with E-state index in [1.807, 2.05) is 98.8 Å². The number of nitrogens with zero attached hydrogens (tertiary/aromatic N) is 3. The molecule has 7 heteroatoms. The van der Waals surface area contributed by atoms with Gasteiger partial charge in [-0.15, -0.1) is 0 Å². The van der Waals surface area contributed by atoms with Crippen molar-refractivity contribution in [3.63, 3.8) is 0 Å². The number of fused-ring (bicyclic) bond motifs is 1. The Kier molecular flexibility index (Phi) is 9.27. The molecular formula is C23H23BrIN5. The Labute approximate surface area is 199 Å². The van der Waals surface area contributed by atoms with Crippen LogP contribution in [-0.4, -0.2) is 15.9 Å². The minimum Gasteiger partial charge on any atom is -0.369 e. The highest BCUT2D eigenvalue weighted by Crippen LogP contribution is 2.29. The van der Waals surface area contributed by atoms with Crippen molar-refractivity contribution in [2.45, 2.75) is 27.7 Å². The number of nitrogens with two attached hydrogens (primary N) is 1. The number of aliphatic imine (C=N–C) groups is 1. The van der Waals surface area contributed by atoms with E-state index in [9.17, 15) is 0 Å². The lowest BCUT2D eigenvalue weighted by Crippen LogP contribution is -2.22. The number of rotatable bonds is 3. The zero-order chi connectivity index (χ0) is 22.1. The maximum Gasteiger partial charge on any atom is 0.253 e. The summed E-state index contributed by atoms with van der Waals surface area (Å²) in [5.74, 6) is 3.25. The fourth-order valence-corrected chi connectivity index (χ4v) is 3.13. The van der Waals surface area contributed by atoms with Gasteiger partial charge in [-0.05, 0) is 60.8 Å². The molecule has 0 spiro atoms. The normalized spacial score (nSPS) is 10.9. The van der Waals surface area contributed by atoms with E-state index in [0.29, 0.717) is 5.95 Å². The molecule has 3 N–H and O–H groups in total. The highest BCUT2D eigenvalue weighted by Gasteiger charge is 2.08. The SMILES string of the molecule is C/C=C\c1nc(/N=C(\N)Nc2ccc(Br)c3ccccc23)nc(C)c1C.CC#CI. The topological polar surface area (TPSA) is 76.2 Å². The zero-order valence-corrected chi connectivity index (χ0v) is 21.0. The van der Waals surface area contributed by atoms with E-state index in [0.717, 1.165) is 37.9 Å². The van der Waals surface area contributed by atoms with E-state index in [-0.39, 0.29) is 5.96 Å². The molecule has 3 rings (SSSR count). The lowest BCUT2D eigenvalue weighted by Gasteiger charge is -2.10. The summed E-state index contributed by atoms with van der Waals surface area (Å²) >= 11 is 5.56. The van der Waals surface area contributed by atoms with Gasteiger partial charge < -0.3 is 11.1 Å². The van der Waals surface area contributed by atoms with Gasteiger partial charge in [-0.3, -0.25) is 0 Å². The van der Waals surface area contributed by atoms with Gasteiger partial charge in [-0.1, -0.05) is 52.2 Å². The molecule has 0 aliphatic rings. The lowest BCUT2D eigenvalue weighted by atomic mass is 10.1. The van der Waals surface area contributed by atoms with Crippen LogP contribution in [0.4, 0.5) is 11.6 Å². The van der Waals surface area contributed by atoms with Gasteiger partial charge in [-0.25, -0.2) is 9.97 Å². The molecule has 0 fully saturated rings. The fourth-order valence-electron chi connectivity index (χ4n) is 2.65. The molecular weight excluding hydrogens is 553 g/mol. The van der Waals surface area contributed by atoms with Crippen molar-refractivity contribution in [1.82, 2.24) is 9.97 Å². The van der Waals surface area contributed by atoms with Gasteiger partial charge in [0.05, 0.1) is 5.69 Å². The molecule has 154 valence electrons. The van der Waals surface area contributed by atoms with E-state index in [4.69, 9.17) is 5.73 Å². The minimum atomic E-state index is 0.243. The van der Waals surface area contributed by atoms with E-state index < -0.39 is 0 Å². The third kappa shape index (κ3) is 6.28. The molecule has 0 bridgehead atoms. The predicted octanol–water partition coefficient (Wildman–Crippen LogP) is 6.50. The Hall–Kier alpha value is -2.44. The molecule has 2 aromatic carbocycles. The van der Waals surface area contributed by atoms with Gasteiger partial charge in [0.2, 0.25) is 5.96 Å². The second-order valence-electron chi connectivity index (χ2n) is 6.23. The molecule has 0 saturated carbocycles. The van der Waals surface area contributed by atoms with Gasteiger partial charge in [0, 0.05) is 43.8 Å². The lowest BCUT2D eigenvalue weighted by molar-refractivity contribution is 1.03. The average Bonchev–Trinajstić information content (AvgIpc) is 2.74. The summed E-state index contributed by atoms with van der Waals surface area (Å²) in [7, 11) is 0. The van der Waals surface area contributed by atoms with Crippen LogP contribution in [0, 0.1) is 23.7 Å². The maximum atomic E-state index is 6.11. The first kappa shape index (κ1) is 23.8. The molecule has 0 aliphatic carbocycles. The monoisotopic (exact) mass is 575 g/mol. The van der Waals surface area contributed by atoms with Crippen molar-refractivity contribution in [3.8, 4) is 9.85 Å². The molecule has 0 radical (unpaired) electrons. The second-order valence-corrected chi connectivity index (χ2v) is 7.62. The van der Waals surface area contributed by atoms with Crippen molar-refractivity contribution in [3.05, 3.63) is 63.9 Å². The van der Waals surface area contributed by atoms with E-state index in [1.165, 1.54) is 0 Å². The highest BCUT2D eigenvalue weighted by atomic mass is 127. The van der Waals surface area contributed by atoms with Crippen molar-refractivity contribution < 1.29 is 0 Å².